The minimum atomic E-state index is -0.116. The number of anilines is 1. The standard InChI is InChI=1S/C15H26IN3O/c1-8-17-13-10(16)11(9(2)3)18-14(19-13)12(20-7)15(4,5)6/h9,12H,8H2,1-7H3,(H,17,18,19). The van der Waals surface area contributed by atoms with E-state index < -0.39 is 0 Å². The Labute approximate surface area is 136 Å². The Morgan fingerprint density at radius 3 is 2.25 bits per heavy atom. The lowest BCUT2D eigenvalue weighted by atomic mass is 9.88. The highest BCUT2D eigenvalue weighted by atomic mass is 127. The van der Waals surface area contributed by atoms with Gasteiger partial charge in [0.2, 0.25) is 0 Å². The lowest BCUT2D eigenvalue weighted by Gasteiger charge is -2.29. The summed E-state index contributed by atoms with van der Waals surface area (Å²) >= 11 is 2.32. The lowest BCUT2D eigenvalue weighted by molar-refractivity contribution is 0.00854. The van der Waals surface area contributed by atoms with E-state index in [-0.39, 0.29) is 11.5 Å². The molecule has 4 nitrogen and oxygen atoms in total. The van der Waals surface area contributed by atoms with E-state index in [1.165, 1.54) is 0 Å². The number of rotatable bonds is 5. The third-order valence-electron chi connectivity index (χ3n) is 3.04. The van der Waals surface area contributed by atoms with Gasteiger partial charge in [0, 0.05) is 13.7 Å². The molecule has 1 unspecified atom stereocenters. The highest BCUT2D eigenvalue weighted by molar-refractivity contribution is 14.1. The predicted octanol–water partition coefficient (Wildman–Crippen LogP) is 4.37. The molecule has 1 N–H and O–H groups in total. The first-order valence-electron chi connectivity index (χ1n) is 7.06. The van der Waals surface area contributed by atoms with Crippen LogP contribution in [0.3, 0.4) is 0 Å². The number of ether oxygens (including phenoxy) is 1. The number of methoxy groups -OCH3 is 1. The largest absolute Gasteiger partial charge is 0.373 e. The maximum absolute atomic E-state index is 5.65. The van der Waals surface area contributed by atoms with Crippen molar-refractivity contribution in [3.8, 4) is 0 Å². The zero-order valence-electron chi connectivity index (χ0n) is 13.5. The van der Waals surface area contributed by atoms with Crippen molar-refractivity contribution in [3.63, 3.8) is 0 Å². The maximum Gasteiger partial charge on any atom is 0.160 e. The molecule has 0 fully saturated rings. The molecule has 0 aliphatic rings. The van der Waals surface area contributed by atoms with Gasteiger partial charge in [-0.05, 0) is 40.8 Å². The summed E-state index contributed by atoms with van der Waals surface area (Å²) in [5, 5.41) is 3.33. The van der Waals surface area contributed by atoms with E-state index in [2.05, 4.69) is 74.4 Å². The lowest BCUT2D eigenvalue weighted by Crippen LogP contribution is -2.24. The molecule has 1 rings (SSSR count). The Hall–Kier alpha value is -0.430. The molecule has 5 heteroatoms. The van der Waals surface area contributed by atoms with Gasteiger partial charge in [0.1, 0.15) is 11.9 Å². The van der Waals surface area contributed by atoms with Crippen molar-refractivity contribution in [2.45, 2.75) is 53.6 Å². The van der Waals surface area contributed by atoms with Gasteiger partial charge in [-0.25, -0.2) is 9.97 Å². The van der Waals surface area contributed by atoms with E-state index in [9.17, 15) is 0 Å². The van der Waals surface area contributed by atoms with Gasteiger partial charge in [-0.3, -0.25) is 0 Å². The van der Waals surface area contributed by atoms with E-state index in [4.69, 9.17) is 9.72 Å². The SMILES string of the molecule is CCNc1nc(C(OC)C(C)(C)C)nc(C(C)C)c1I. The van der Waals surface area contributed by atoms with Crippen molar-refractivity contribution in [3.05, 3.63) is 15.1 Å². The van der Waals surface area contributed by atoms with Crippen LogP contribution >= 0.6 is 22.6 Å². The first-order valence-corrected chi connectivity index (χ1v) is 8.14. The number of aromatic nitrogens is 2. The van der Waals surface area contributed by atoms with Gasteiger partial charge in [0.15, 0.2) is 5.82 Å². The van der Waals surface area contributed by atoms with Crippen LogP contribution in [0.15, 0.2) is 0 Å². The van der Waals surface area contributed by atoms with Gasteiger partial charge in [0.25, 0.3) is 0 Å². The molecule has 0 radical (unpaired) electrons. The summed E-state index contributed by atoms with van der Waals surface area (Å²) in [5.74, 6) is 2.03. The quantitative estimate of drug-likeness (QED) is 0.758. The van der Waals surface area contributed by atoms with Gasteiger partial charge in [-0.2, -0.15) is 0 Å². The van der Waals surface area contributed by atoms with Crippen LogP contribution in [0, 0.1) is 8.99 Å². The van der Waals surface area contributed by atoms with Gasteiger partial charge >= 0.3 is 0 Å². The fourth-order valence-corrected chi connectivity index (χ4v) is 3.17. The van der Waals surface area contributed by atoms with Crippen LogP contribution in [-0.2, 0) is 4.74 Å². The maximum atomic E-state index is 5.65. The zero-order valence-corrected chi connectivity index (χ0v) is 15.7. The van der Waals surface area contributed by atoms with Gasteiger partial charge in [-0.15, -0.1) is 0 Å². The molecule has 0 aliphatic carbocycles. The Morgan fingerprint density at radius 2 is 1.85 bits per heavy atom. The van der Waals surface area contributed by atoms with Gasteiger partial charge in [0.05, 0.1) is 9.26 Å². The average Bonchev–Trinajstić information content (AvgIpc) is 2.31. The number of nitrogens with zero attached hydrogens (tertiary/aromatic N) is 2. The molecule has 0 bridgehead atoms. The van der Waals surface area contributed by atoms with Gasteiger partial charge < -0.3 is 10.1 Å². The highest BCUT2D eigenvalue weighted by Crippen LogP contribution is 2.36. The Kier molecular flexibility index (Phi) is 6.19. The van der Waals surface area contributed by atoms with Crippen molar-refractivity contribution in [2.24, 2.45) is 5.41 Å². The second kappa shape index (κ2) is 7.02. The van der Waals surface area contributed by atoms with E-state index in [1.54, 1.807) is 7.11 Å². The summed E-state index contributed by atoms with van der Waals surface area (Å²) in [5.41, 5.74) is 1.04. The first kappa shape index (κ1) is 17.6. The minimum absolute atomic E-state index is 0.0424. The van der Waals surface area contributed by atoms with Crippen LogP contribution in [0.1, 0.15) is 65.1 Å². The van der Waals surface area contributed by atoms with Crippen LogP contribution in [0.2, 0.25) is 0 Å². The molecular formula is C15H26IN3O. The average molecular weight is 391 g/mol. The number of halogens is 1. The smallest absolute Gasteiger partial charge is 0.160 e. The topological polar surface area (TPSA) is 47.0 Å². The van der Waals surface area contributed by atoms with Crippen LogP contribution in [0.25, 0.3) is 0 Å². The molecule has 0 spiro atoms. The second-order valence-electron chi connectivity index (χ2n) is 6.30. The normalized spacial score (nSPS) is 13.7. The van der Waals surface area contributed by atoms with Crippen molar-refractivity contribution in [1.29, 1.82) is 0 Å². The molecule has 1 aromatic heterocycles. The molecule has 114 valence electrons. The number of hydrogen-bond donors (Lipinski definition) is 1. The molecule has 0 aromatic carbocycles. The van der Waals surface area contributed by atoms with E-state index in [0.29, 0.717) is 5.92 Å². The molecule has 0 aliphatic heterocycles. The number of hydrogen-bond acceptors (Lipinski definition) is 4. The second-order valence-corrected chi connectivity index (χ2v) is 7.38. The molecule has 20 heavy (non-hydrogen) atoms. The monoisotopic (exact) mass is 391 g/mol. The molecule has 0 saturated carbocycles. The van der Waals surface area contributed by atoms with Crippen molar-refractivity contribution >= 4 is 28.4 Å². The molecule has 1 atom stereocenters. The molecular weight excluding hydrogens is 365 g/mol. The zero-order chi connectivity index (χ0) is 15.5. The fourth-order valence-electron chi connectivity index (χ4n) is 2.11. The molecule has 1 heterocycles. The van der Waals surface area contributed by atoms with E-state index in [1.807, 2.05) is 0 Å². The van der Waals surface area contributed by atoms with E-state index >= 15 is 0 Å². The molecule has 0 saturated heterocycles. The summed E-state index contributed by atoms with van der Waals surface area (Å²) in [6.45, 7) is 13.7. The van der Waals surface area contributed by atoms with Crippen LogP contribution in [0.4, 0.5) is 5.82 Å². The minimum Gasteiger partial charge on any atom is -0.373 e. The summed E-state index contributed by atoms with van der Waals surface area (Å²) in [6.07, 6.45) is -0.116. The Balaban J connectivity index is 3.39. The molecule has 0 amide bonds. The van der Waals surface area contributed by atoms with Crippen LogP contribution in [0.5, 0.6) is 0 Å². The summed E-state index contributed by atoms with van der Waals surface area (Å²) in [4.78, 5) is 9.46. The fraction of sp³-hybridized carbons (Fsp3) is 0.733. The highest BCUT2D eigenvalue weighted by Gasteiger charge is 2.30. The third-order valence-corrected chi connectivity index (χ3v) is 4.11. The van der Waals surface area contributed by atoms with Crippen molar-refractivity contribution < 1.29 is 4.74 Å². The van der Waals surface area contributed by atoms with Crippen LogP contribution in [-0.4, -0.2) is 23.6 Å². The molecule has 1 aromatic rings. The summed E-state index contributed by atoms with van der Waals surface area (Å²) in [7, 11) is 1.72. The number of nitrogens with one attached hydrogen (secondary N) is 1. The van der Waals surface area contributed by atoms with Crippen molar-refractivity contribution in [1.82, 2.24) is 9.97 Å². The third kappa shape index (κ3) is 4.04. The Morgan fingerprint density at radius 1 is 1.25 bits per heavy atom. The predicted molar refractivity (Wildman–Crippen MR) is 92.2 cm³/mol. The van der Waals surface area contributed by atoms with Gasteiger partial charge in [-0.1, -0.05) is 34.6 Å². The first-order chi connectivity index (χ1) is 9.22. The van der Waals surface area contributed by atoms with Crippen molar-refractivity contribution in [2.75, 3.05) is 19.0 Å². The summed E-state index contributed by atoms with van der Waals surface area (Å²) in [6, 6.07) is 0. The summed E-state index contributed by atoms with van der Waals surface area (Å²) < 4.78 is 6.76. The van der Waals surface area contributed by atoms with E-state index in [0.717, 1.165) is 27.5 Å². The Bertz CT molecular complexity index is 455. The van der Waals surface area contributed by atoms with Crippen LogP contribution < -0.4 is 5.32 Å².